The van der Waals surface area contributed by atoms with E-state index in [1.54, 1.807) is 6.07 Å². The summed E-state index contributed by atoms with van der Waals surface area (Å²) in [5, 5.41) is 2.87. The fraction of sp³-hybridized carbons (Fsp3) is 0.316. The van der Waals surface area contributed by atoms with Crippen LogP contribution in [0.4, 0.5) is 4.39 Å². The average molecular weight is 314 g/mol. The van der Waals surface area contributed by atoms with Gasteiger partial charge < -0.3 is 11.1 Å². The van der Waals surface area contributed by atoms with E-state index in [0.29, 0.717) is 6.54 Å². The van der Waals surface area contributed by atoms with Crippen LogP contribution in [-0.2, 0) is 10.2 Å². The molecule has 0 saturated heterocycles. The van der Waals surface area contributed by atoms with Crippen molar-refractivity contribution < 1.29 is 9.18 Å². The van der Waals surface area contributed by atoms with Crippen LogP contribution in [0.15, 0.2) is 48.5 Å². The van der Waals surface area contributed by atoms with Gasteiger partial charge in [-0.05, 0) is 30.2 Å². The number of amides is 1. The molecule has 0 aromatic heterocycles. The van der Waals surface area contributed by atoms with Gasteiger partial charge in [0.2, 0.25) is 5.91 Å². The molecule has 1 amide bonds. The third-order valence-corrected chi connectivity index (χ3v) is 4.03. The van der Waals surface area contributed by atoms with Crippen LogP contribution in [-0.4, -0.2) is 12.5 Å². The number of benzene rings is 2. The van der Waals surface area contributed by atoms with Gasteiger partial charge in [0.25, 0.3) is 0 Å². The third-order valence-electron chi connectivity index (χ3n) is 4.03. The van der Waals surface area contributed by atoms with Crippen LogP contribution in [0, 0.1) is 12.7 Å². The zero-order chi connectivity index (χ0) is 17.0. The molecule has 2 rings (SSSR count). The molecule has 2 aromatic rings. The number of nitrogens with two attached hydrogens (primary N) is 1. The highest BCUT2D eigenvalue weighted by atomic mass is 19.1. The van der Waals surface area contributed by atoms with Gasteiger partial charge in [-0.15, -0.1) is 0 Å². The van der Waals surface area contributed by atoms with Crippen LogP contribution >= 0.6 is 0 Å². The van der Waals surface area contributed by atoms with Crippen LogP contribution in [0.25, 0.3) is 0 Å². The second-order valence-corrected chi connectivity index (χ2v) is 6.50. The number of aryl methyl sites for hydroxylation is 1. The third kappa shape index (κ3) is 4.39. The summed E-state index contributed by atoms with van der Waals surface area (Å²) in [5.74, 6) is -0.517. The molecule has 0 aliphatic rings. The lowest BCUT2D eigenvalue weighted by molar-refractivity contribution is -0.122. The van der Waals surface area contributed by atoms with Crippen LogP contribution < -0.4 is 11.1 Å². The predicted molar refractivity (Wildman–Crippen MR) is 90.5 cm³/mol. The molecule has 0 aliphatic carbocycles. The molecule has 3 N–H and O–H groups in total. The molecule has 0 heterocycles. The van der Waals surface area contributed by atoms with E-state index in [2.05, 4.69) is 5.32 Å². The van der Waals surface area contributed by atoms with Crippen molar-refractivity contribution >= 4 is 5.91 Å². The fourth-order valence-electron chi connectivity index (χ4n) is 2.35. The van der Waals surface area contributed by atoms with Gasteiger partial charge in [0.05, 0.1) is 0 Å². The van der Waals surface area contributed by atoms with Crippen molar-refractivity contribution in [3.63, 3.8) is 0 Å². The molecular formula is C19H23FN2O. The van der Waals surface area contributed by atoms with Gasteiger partial charge in [0.15, 0.2) is 0 Å². The summed E-state index contributed by atoms with van der Waals surface area (Å²) in [7, 11) is 0. The van der Waals surface area contributed by atoms with Crippen molar-refractivity contribution in [3.8, 4) is 0 Å². The highest BCUT2D eigenvalue weighted by Gasteiger charge is 2.24. The van der Waals surface area contributed by atoms with Crippen molar-refractivity contribution in [1.82, 2.24) is 5.32 Å². The minimum absolute atomic E-state index is 0.238. The van der Waals surface area contributed by atoms with Crippen molar-refractivity contribution in [2.75, 3.05) is 6.54 Å². The standard InChI is InChI=1S/C19H23FN2O/c1-13-7-9-14(10-8-13)17(21)18(23)22-12-19(2,3)15-5-4-6-16(20)11-15/h4-11,17H,12,21H2,1-3H3,(H,22,23). The number of rotatable bonds is 5. The maximum Gasteiger partial charge on any atom is 0.241 e. The van der Waals surface area contributed by atoms with Crippen LogP contribution in [0.2, 0.25) is 0 Å². The summed E-state index contributed by atoms with van der Waals surface area (Å²) in [5.41, 5.74) is 8.35. The first-order chi connectivity index (χ1) is 10.8. The Labute approximate surface area is 136 Å². The van der Waals surface area contributed by atoms with E-state index in [4.69, 9.17) is 5.73 Å². The highest BCUT2D eigenvalue weighted by Crippen LogP contribution is 2.23. The van der Waals surface area contributed by atoms with Crippen molar-refractivity contribution in [1.29, 1.82) is 0 Å². The van der Waals surface area contributed by atoms with Gasteiger partial charge in [-0.25, -0.2) is 4.39 Å². The Kier molecular flexibility index (Phi) is 5.16. The van der Waals surface area contributed by atoms with Gasteiger partial charge in [0.1, 0.15) is 11.9 Å². The van der Waals surface area contributed by atoms with Crippen LogP contribution in [0.3, 0.4) is 0 Å². The summed E-state index contributed by atoms with van der Waals surface area (Å²) in [6, 6.07) is 13.3. The highest BCUT2D eigenvalue weighted by molar-refractivity contribution is 5.83. The Hall–Kier alpha value is -2.20. The Balaban J connectivity index is 2.01. The second kappa shape index (κ2) is 6.92. The monoisotopic (exact) mass is 314 g/mol. The molecule has 0 fully saturated rings. The molecule has 0 saturated carbocycles. The van der Waals surface area contributed by atoms with Gasteiger partial charge in [0, 0.05) is 12.0 Å². The largest absolute Gasteiger partial charge is 0.354 e. The minimum Gasteiger partial charge on any atom is -0.354 e. The quantitative estimate of drug-likeness (QED) is 0.890. The zero-order valence-electron chi connectivity index (χ0n) is 13.8. The van der Waals surface area contributed by atoms with Gasteiger partial charge in [-0.3, -0.25) is 4.79 Å². The average Bonchev–Trinajstić information content (AvgIpc) is 2.53. The molecule has 1 atom stereocenters. The van der Waals surface area contributed by atoms with Crippen molar-refractivity contribution in [2.45, 2.75) is 32.2 Å². The maximum atomic E-state index is 13.4. The zero-order valence-corrected chi connectivity index (χ0v) is 13.8. The van der Waals surface area contributed by atoms with Crippen LogP contribution in [0.5, 0.6) is 0 Å². The van der Waals surface area contributed by atoms with Crippen molar-refractivity contribution in [2.24, 2.45) is 5.73 Å². The van der Waals surface area contributed by atoms with E-state index in [1.807, 2.05) is 51.1 Å². The smallest absolute Gasteiger partial charge is 0.241 e. The molecule has 1 unspecified atom stereocenters. The molecule has 0 aliphatic heterocycles. The van der Waals surface area contributed by atoms with Crippen LogP contribution in [0.1, 0.15) is 36.6 Å². The maximum absolute atomic E-state index is 13.4. The number of carbonyl (C=O) groups is 1. The Morgan fingerprint density at radius 2 is 1.87 bits per heavy atom. The lowest BCUT2D eigenvalue weighted by Crippen LogP contribution is -2.41. The van der Waals surface area contributed by atoms with Crippen molar-refractivity contribution in [3.05, 3.63) is 71.0 Å². The molecule has 4 heteroatoms. The van der Waals surface area contributed by atoms with Gasteiger partial charge in [-0.2, -0.15) is 0 Å². The van der Waals surface area contributed by atoms with E-state index in [-0.39, 0.29) is 17.1 Å². The molecule has 23 heavy (non-hydrogen) atoms. The molecule has 0 radical (unpaired) electrons. The van der Waals surface area contributed by atoms with E-state index in [0.717, 1.165) is 16.7 Å². The number of carbonyl (C=O) groups excluding carboxylic acids is 1. The number of hydrogen-bond donors (Lipinski definition) is 2. The van der Waals surface area contributed by atoms with Gasteiger partial charge >= 0.3 is 0 Å². The molecule has 0 spiro atoms. The predicted octanol–water partition coefficient (Wildman–Crippen LogP) is 3.23. The first kappa shape index (κ1) is 17.2. The first-order valence-corrected chi connectivity index (χ1v) is 7.65. The fourth-order valence-corrected chi connectivity index (χ4v) is 2.35. The first-order valence-electron chi connectivity index (χ1n) is 7.65. The van der Waals surface area contributed by atoms with Gasteiger partial charge in [-0.1, -0.05) is 55.8 Å². The Morgan fingerprint density at radius 1 is 1.22 bits per heavy atom. The summed E-state index contributed by atoms with van der Waals surface area (Å²) in [4.78, 5) is 12.3. The van der Waals surface area contributed by atoms with E-state index < -0.39 is 6.04 Å². The number of nitrogens with one attached hydrogen (secondary N) is 1. The van der Waals surface area contributed by atoms with E-state index >= 15 is 0 Å². The Morgan fingerprint density at radius 3 is 2.48 bits per heavy atom. The SMILES string of the molecule is Cc1ccc(C(N)C(=O)NCC(C)(C)c2cccc(F)c2)cc1. The minimum atomic E-state index is -0.709. The molecule has 2 aromatic carbocycles. The Bertz CT molecular complexity index is 680. The molecular weight excluding hydrogens is 291 g/mol. The lowest BCUT2D eigenvalue weighted by Gasteiger charge is -2.26. The summed E-state index contributed by atoms with van der Waals surface area (Å²) < 4.78 is 13.4. The molecule has 122 valence electrons. The normalized spacial score (nSPS) is 12.7. The number of hydrogen-bond acceptors (Lipinski definition) is 2. The lowest BCUT2D eigenvalue weighted by atomic mass is 9.84. The second-order valence-electron chi connectivity index (χ2n) is 6.50. The van der Waals surface area contributed by atoms with E-state index in [1.165, 1.54) is 12.1 Å². The number of halogens is 1. The summed E-state index contributed by atoms with van der Waals surface area (Å²) in [6.45, 7) is 6.28. The summed E-state index contributed by atoms with van der Waals surface area (Å²) >= 11 is 0. The molecule has 0 bridgehead atoms. The van der Waals surface area contributed by atoms with E-state index in [9.17, 15) is 9.18 Å². The molecule has 3 nitrogen and oxygen atoms in total. The topological polar surface area (TPSA) is 55.1 Å². The summed E-state index contributed by atoms with van der Waals surface area (Å²) in [6.07, 6.45) is 0.